The van der Waals surface area contributed by atoms with Gasteiger partial charge in [-0.15, -0.1) is 0 Å². The number of nitrogens with zero attached hydrogens (tertiary/aromatic N) is 1. The van der Waals surface area contributed by atoms with E-state index in [2.05, 4.69) is 58.7 Å². The summed E-state index contributed by atoms with van der Waals surface area (Å²) in [6.07, 6.45) is 0. The third-order valence-corrected chi connectivity index (χ3v) is 4.17. The molecule has 1 rings (SSSR count). The lowest BCUT2D eigenvalue weighted by atomic mass is 9.97. The van der Waals surface area contributed by atoms with Gasteiger partial charge in [-0.2, -0.15) is 0 Å². The number of benzene rings is 1. The van der Waals surface area contributed by atoms with Crippen LogP contribution in [-0.2, 0) is 6.54 Å². The molecule has 0 spiro atoms. The molecule has 102 valence electrons. The molecule has 0 aromatic heterocycles. The molecule has 1 atom stereocenters. The van der Waals surface area contributed by atoms with Crippen molar-refractivity contribution in [3.63, 3.8) is 0 Å². The molecular formula is C16H28N2. The van der Waals surface area contributed by atoms with Crippen molar-refractivity contribution in [1.82, 2.24) is 4.90 Å². The van der Waals surface area contributed by atoms with E-state index in [1.54, 1.807) is 0 Å². The van der Waals surface area contributed by atoms with Crippen LogP contribution in [0.15, 0.2) is 12.1 Å². The quantitative estimate of drug-likeness (QED) is 0.868. The van der Waals surface area contributed by atoms with Crippen LogP contribution in [0.3, 0.4) is 0 Å². The van der Waals surface area contributed by atoms with Gasteiger partial charge in [0.05, 0.1) is 0 Å². The molecule has 0 heterocycles. The van der Waals surface area contributed by atoms with Crippen LogP contribution in [0.5, 0.6) is 0 Å². The zero-order valence-electron chi connectivity index (χ0n) is 12.7. The third-order valence-electron chi connectivity index (χ3n) is 4.17. The average Bonchev–Trinajstić information content (AvgIpc) is 2.30. The molecular weight excluding hydrogens is 220 g/mol. The lowest BCUT2D eigenvalue weighted by Crippen LogP contribution is -2.41. The number of hydrogen-bond donors (Lipinski definition) is 1. The van der Waals surface area contributed by atoms with Crippen LogP contribution in [0.25, 0.3) is 0 Å². The van der Waals surface area contributed by atoms with E-state index in [9.17, 15) is 0 Å². The van der Waals surface area contributed by atoms with Crippen LogP contribution in [0.2, 0.25) is 0 Å². The van der Waals surface area contributed by atoms with Crippen molar-refractivity contribution in [2.45, 2.75) is 47.2 Å². The molecule has 0 saturated carbocycles. The fourth-order valence-corrected chi connectivity index (χ4v) is 2.53. The first-order valence-electron chi connectivity index (χ1n) is 6.84. The topological polar surface area (TPSA) is 29.3 Å². The summed E-state index contributed by atoms with van der Waals surface area (Å²) in [6.45, 7) is 12.8. The molecule has 0 aliphatic rings. The first kappa shape index (κ1) is 15.2. The Balaban J connectivity index is 2.88. The minimum absolute atomic E-state index is 0.450. The van der Waals surface area contributed by atoms with Crippen molar-refractivity contribution in [3.8, 4) is 0 Å². The number of rotatable bonds is 5. The Kier molecular flexibility index (Phi) is 5.36. The van der Waals surface area contributed by atoms with E-state index in [0.717, 1.165) is 13.1 Å². The molecule has 18 heavy (non-hydrogen) atoms. The van der Waals surface area contributed by atoms with Crippen molar-refractivity contribution in [2.24, 2.45) is 11.7 Å². The largest absolute Gasteiger partial charge is 0.329 e. The molecule has 1 aromatic rings. The van der Waals surface area contributed by atoms with Crippen LogP contribution in [0.1, 0.15) is 36.1 Å². The van der Waals surface area contributed by atoms with Crippen LogP contribution >= 0.6 is 0 Å². The number of hydrogen-bond acceptors (Lipinski definition) is 2. The van der Waals surface area contributed by atoms with Gasteiger partial charge in [0.1, 0.15) is 0 Å². The van der Waals surface area contributed by atoms with Gasteiger partial charge in [-0.05, 0) is 56.0 Å². The normalized spacial score (nSPS) is 13.4. The maximum absolute atomic E-state index is 5.88. The van der Waals surface area contributed by atoms with E-state index in [0.29, 0.717) is 12.0 Å². The highest BCUT2D eigenvalue weighted by atomic mass is 15.1. The molecule has 1 unspecified atom stereocenters. The molecule has 0 aliphatic carbocycles. The molecule has 1 aromatic carbocycles. The maximum atomic E-state index is 5.88. The minimum atomic E-state index is 0.450. The average molecular weight is 248 g/mol. The Labute approximate surface area is 112 Å². The van der Waals surface area contributed by atoms with Crippen LogP contribution < -0.4 is 5.73 Å². The second-order valence-corrected chi connectivity index (χ2v) is 5.75. The van der Waals surface area contributed by atoms with E-state index < -0.39 is 0 Å². The van der Waals surface area contributed by atoms with Crippen LogP contribution in [-0.4, -0.2) is 24.5 Å². The summed E-state index contributed by atoms with van der Waals surface area (Å²) in [7, 11) is 2.17. The van der Waals surface area contributed by atoms with Gasteiger partial charge in [-0.3, -0.25) is 4.90 Å². The Morgan fingerprint density at radius 3 is 2.22 bits per heavy atom. The summed E-state index contributed by atoms with van der Waals surface area (Å²) in [5, 5.41) is 0. The molecule has 2 nitrogen and oxygen atoms in total. The van der Waals surface area contributed by atoms with Gasteiger partial charge < -0.3 is 5.73 Å². The van der Waals surface area contributed by atoms with Crippen molar-refractivity contribution in [2.75, 3.05) is 13.6 Å². The van der Waals surface area contributed by atoms with Gasteiger partial charge in [0.2, 0.25) is 0 Å². The highest BCUT2D eigenvalue weighted by Crippen LogP contribution is 2.20. The second-order valence-electron chi connectivity index (χ2n) is 5.75. The summed E-state index contributed by atoms with van der Waals surface area (Å²) >= 11 is 0. The molecule has 2 heteroatoms. The van der Waals surface area contributed by atoms with Crippen molar-refractivity contribution < 1.29 is 0 Å². The van der Waals surface area contributed by atoms with E-state index in [4.69, 9.17) is 5.73 Å². The molecule has 0 bridgehead atoms. The smallest absolute Gasteiger partial charge is 0.0241 e. The predicted molar refractivity (Wildman–Crippen MR) is 79.8 cm³/mol. The van der Waals surface area contributed by atoms with Gasteiger partial charge in [-0.1, -0.05) is 26.0 Å². The van der Waals surface area contributed by atoms with Gasteiger partial charge >= 0.3 is 0 Å². The Morgan fingerprint density at radius 2 is 1.72 bits per heavy atom. The lowest BCUT2D eigenvalue weighted by Gasteiger charge is -2.30. The summed E-state index contributed by atoms with van der Waals surface area (Å²) in [6, 6.07) is 4.92. The van der Waals surface area contributed by atoms with Crippen LogP contribution in [0, 0.1) is 26.7 Å². The molecule has 0 radical (unpaired) electrons. The molecule has 2 N–H and O–H groups in total. The van der Waals surface area contributed by atoms with Crippen LogP contribution in [0.4, 0.5) is 0 Å². The highest BCUT2D eigenvalue weighted by molar-refractivity contribution is 5.38. The Bertz CT molecular complexity index is 396. The van der Waals surface area contributed by atoms with Gasteiger partial charge in [0.25, 0.3) is 0 Å². The minimum Gasteiger partial charge on any atom is -0.329 e. The van der Waals surface area contributed by atoms with Crippen molar-refractivity contribution in [3.05, 3.63) is 34.4 Å². The number of nitrogens with two attached hydrogens (primary N) is 1. The van der Waals surface area contributed by atoms with E-state index >= 15 is 0 Å². The zero-order chi connectivity index (χ0) is 13.9. The van der Waals surface area contributed by atoms with Crippen molar-refractivity contribution >= 4 is 0 Å². The maximum Gasteiger partial charge on any atom is 0.0241 e. The third kappa shape index (κ3) is 3.33. The fourth-order valence-electron chi connectivity index (χ4n) is 2.53. The standard InChI is InChI=1S/C16H28N2/c1-11(2)16(9-17)18(6)10-15-8-7-12(3)13(4)14(15)5/h7-8,11,16H,9-10,17H2,1-6H3. The Hall–Kier alpha value is -0.860. The van der Waals surface area contributed by atoms with E-state index in [1.807, 2.05) is 0 Å². The Morgan fingerprint density at radius 1 is 1.11 bits per heavy atom. The summed E-state index contributed by atoms with van der Waals surface area (Å²) in [4.78, 5) is 2.38. The number of aryl methyl sites for hydroxylation is 1. The molecule has 0 aliphatic heterocycles. The SMILES string of the molecule is Cc1ccc(CN(C)C(CN)C(C)C)c(C)c1C. The highest BCUT2D eigenvalue weighted by Gasteiger charge is 2.17. The van der Waals surface area contributed by atoms with E-state index in [1.165, 1.54) is 22.3 Å². The molecule has 0 amide bonds. The van der Waals surface area contributed by atoms with Gasteiger partial charge in [0, 0.05) is 19.1 Å². The molecule has 0 saturated heterocycles. The van der Waals surface area contributed by atoms with Gasteiger partial charge in [0.15, 0.2) is 0 Å². The molecule has 0 fully saturated rings. The zero-order valence-corrected chi connectivity index (χ0v) is 12.7. The van der Waals surface area contributed by atoms with Gasteiger partial charge in [-0.25, -0.2) is 0 Å². The lowest BCUT2D eigenvalue weighted by molar-refractivity contribution is 0.189. The first-order valence-corrected chi connectivity index (χ1v) is 6.84. The summed E-state index contributed by atoms with van der Waals surface area (Å²) in [5.74, 6) is 0.590. The van der Waals surface area contributed by atoms with Crippen molar-refractivity contribution in [1.29, 1.82) is 0 Å². The number of likely N-dealkylation sites (N-methyl/N-ethyl adjacent to an activating group) is 1. The first-order chi connectivity index (χ1) is 8.38. The monoisotopic (exact) mass is 248 g/mol. The fraction of sp³-hybridized carbons (Fsp3) is 0.625. The summed E-state index contributed by atoms with van der Waals surface area (Å²) in [5.41, 5.74) is 11.5. The summed E-state index contributed by atoms with van der Waals surface area (Å²) < 4.78 is 0. The van der Waals surface area contributed by atoms with E-state index in [-0.39, 0.29) is 0 Å². The predicted octanol–water partition coefficient (Wildman–Crippen LogP) is 3.03. The second kappa shape index (κ2) is 6.35.